The topological polar surface area (TPSA) is 18.5 Å². The van der Waals surface area contributed by atoms with Crippen LogP contribution in [0.3, 0.4) is 0 Å². The first-order valence-electron chi connectivity index (χ1n) is 6.64. The maximum absolute atomic E-state index is 5.70. The maximum atomic E-state index is 5.70. The summed E-state index contributed by atoms with van der Waals surface area (Å²) in [6.45, 7) is 8.87. The van der Waals surface area contributed by atoms with Crippen molar-refractivity contribution in [1.82, 2.24) is 0 Å². The minimum atomic E-state index is -0.0712. The van der Waals surface area contributed by atoms with E-state index in [2.05, 4.69) is 27.7 Å². The molecule has 2 aliphatic carbocycles. The van der Waals surface area contributed by atoms with Crippen molar-refractivity contribution in [3.63, 3.8) is 0 Å². The average Bonchev–Trinajstić information content (AvgIpc) is 2.30. The summed E-state index contributed by atoms with van der Waals surface area (Å²) in [5.74, 6) is 0. The summed E-state index contributed by atoms with van der Waals surface area (Å²) >= 11 is 0. The molecule has 1 aromatic carbocycles. The quantitative estimate of drug-likeness (QED) is 0.798. The first-order valence-corrected chi connectivity index (χ1v) is 6.64. The van der Waals surface area contributed by atoms with E-state index in [0.717, 1.165) is 12.8 Å². The van der Waals surface area contributed by atoms with Crippen LogP contribution in [0.5, 0.6) is 0 Å². The van der Waals surface area contributed by atoms with Crippen LogP contribution < -0.4 is 0 Å². The second kappa shape index (κ2) is 3.37. The first kappa shape index (κ1) is 12.2. The fourth-order valence-corrected chi connectivity index (χ4v) is 3.99. The molecule has 2 aliphatic rings. The fourth-order valence-electron chi connectivity index (χ4n) is 3.99. The summed E-state index contributed by atoms with van der Waals surface area (Å²) < 4.78 is 11.4. The van der Waals surface area contributed by atoms with E-state index in [-0.39, 0.29) is 11.2 Å². The second-order valence-electron chi connectivity index (χ2n) is 6.18. The molecule has 18 heavy (non-hydrogen) atoms. The molecule has 0 spiro atoms. The third-order valence-electron chi connectivity index (χ3n) is 5.25. The van der Waals surface area contributed by atoms with Gasteiger partial charge in [-0.2, -0.15) is 0 Å². The Balaban J connectivity index is 2.22. The van der Waals surface area contributed by atoms with Gasteiger partial charge in [-0.1, -0.05) is 0 Å². The lowest BCUT2D eigenvalue weighted by Gasteiger charge is -2.50. The zero-order valence-corrected chi connectivity index (χ0v) is 12.2. The number of rotatable bonds is 2. The standard InChI is InChI=1S/C16H22O2/c1-9-11-7-16(4,18-6)14(11)10(2)12-8-15(3,17-5)13(9)12/h7-8H2,1-6H3. The number of benzene rings is 1. The summed E-state index contributed by atoms with van der Waals surface area (Å²) in [6, 6.07) is 0. The van der Waals surface area contributed by atoms with Crippen LogP contribution >= 0.6 is 0 Å². The molecule has 98 valence electrons. The van der Waals surface area contributed by atoms with Crippen LogP contribution in [-0.4, -0.2) is 14.2 Å². The monoisotopic (exact) mass is 246 g/mol. The highest BCUT2D eigenvalue weighted by Crippen LogP contribution is 2.54. The molecule has 0 N–H and O–H groups in total. The Morgan fingerprint density at radius 3 is 1.39 bits per heavy atom. The normalized spacial score (nSPS) is 32.3. The Morgan fingerprint density at radius 1 is 0.778 bits per heavy atom. The van der Waals surface area contributed by atoms with Crippen molar-refractivity contribution < 1.29 is 9.47 Å². The van der Waals surface area contributed by atoms with E-state index in [1.54, 1.807) is 0 Å². The number of hydrogen-bond donors (Lipinski definition) is 0. The van der Waals surface area contributed by atoms with Crippen LogP contribution in [0.15, 0.2) is 0 Å². The molecule has 2 heteroatoms. The molecular weight excluding hydrogens is 224 g/mol. The second-order valence-corrected chi connectivity index (χ2v) is 6.18. The molecule has 2 unspecified atom stereocenters. The molecule has 1 aromatic rings. The molecule has 0 bridgehead atoms. The Kier molecular flexibility index (Phi) is 2.28. The zero-order valence-electron chi connectivity index (χ0n) is 12.2. The predicted molar refractivity (Wildman–Crippen MR) is 72.0 cm³/mol. The van der Waals surface area contributed by atoms with Gasteiger partial charge in [-0.3, -0.25) is 0 Å². The summed E-state index contributed by atoms with van der Waals surface area (Å²) in [7, 11) is 3.63. The molecule has 2 nitrogen and oxygen atoms in total. The summed E-state index contributed by atoms with van der Waals surface area (Å²) in [4.78, 5) is 0. The Labute approximate surface area is 109 Å². The van der Waals surface area contributed by atoms with Crippen LogP contribution in [0.2, 0.25) is 0 Å². The highest BCUT2D eigenvalue weighted by Gasteiger charge is 2.49. The minimum absolute atomic E-state index is 0.0712. The predicted octanol–water partition coefficient (Wildman–Crippen LogP) is 3.14. The molecule has 0 amide bonds. The molecule has 0 heterocycles. The number of hydrogen-bond acceptors (Lipinski definition) is 2. The molecule has 3 rings (SSSR count). The van der Waals surface area contributed by atoms with E-state index >= 15 is 0 Å². The van der Waals surface area contributed by atoms with Crippen molar-refractivity contribution >= 4 is 0 Å². The van der Waals surface area contributed by atoms with Gasteiger partial charge in [0.1, 0.15) is 0 Å². The lowest BCUT2D eigenvalue weighted by Crippen LogP contribution is -2.46. The van der Waals surface area contributed by atoms with Gasteiger partial charge >= 0.3 is 0 Å². The third-order valence-corrected chi connectivity index (χ3v) is 5.25. The first-order chi connectivity index (χ1) is 8.38. The summed E-state index contributed by atoms with van der Waals surface area (Å²) in [5, 5.41) is 0. The van der Waals surface area contributed by atoms with Gasteiger partial charge in [0.05, 0.1) is 11.2 Å². The Morgan fingerprint density at radius 2 is 1.11 bits per heavy atom. The fraction of sp³-hybridized carbons (Fsp3) is 0.625. The van der Waals surface area contributed by atoms with Crippen molar-refractivity contribution in [1.29, 1.82) is 0 Å². The lowest BCUT2D eigenvalue weighted by molar-refractivity contribution is -0.0293. The summed E-state index contributed by atoms with van der Waals surface area (Å²) in [5.41, 5.74) is 8.54. The van der Waals surface area contributed by atoms with Crippen molar-refractivity contribution in [2.45, 2.75) is 51.7 Å². The van der Waals surface area contributed by atoms with Gasteiger partial charge in [0.15, 0.2) is 0 Å². The van der Waals surface area contributed by atoms with E-state index in [1.165, 1.54) is 33.4 Å². The van der Waals surface area contributed by atoms with Crippen LogP contribution in [0, 0.1) is 13.8 Å². The zero-order chi connectivity index (χ0) is 13.3. The van der Waals surface area contributed by atoms with E-state index in [4.69, 9.17) is 9.47 Å². The Bertz CT molecular complexity index is 481. The highest BCUT2D eigenvalue weighted by molar-refractivity contribution is 5.63. The molecule has 0 aliphatic heterocycles. The van der Waals surface area contributed by atoms with Crippen LogP contribution in [-0.2, 0) is 33.5 Å². The number of methoxy groups -OCH3 is 2. The van der Waals surface area contributed by atoms with Gasteiger partial charge < -0.3 is 9.47 Å². The van der Waals surface area contributed by atoms with Crippen LogP contribution in [0.25, 0.3) is 0 Å². The molecule has 0 fully saturated rings. The number of fused-ring (bicyclic) bond motifs is 2. The van der Waals surface area contributed by atoms with Gasteiger partial charge in [0.25, 0.3) is 0 Å². The largest absolute Gasteiger partial charge is 0.373 e. The van der Waals surface area contributed by atoms with Crippen molar-refractivity contribution in [2.75, 3.05) is 14.2 Å². The number of ether oxygens (including phenoxy) is 2. The van der Waals surface area contributed by atoms with Crippen molar-refractivity contribution in [2.24, 2.45) is 0 Å². The summed E-state index contributed by atoms with van der Waals surface area (Å²) in [6.07, 6.45) is 2.05. The lowest BCUT2D eigenvalue weighted by atomic mass is 9.61. The van der Waals surface area contributed by atoms with E-state index in [0.29, 0.717) is 0 Å². The average molecular weight is 246 g/mol. The van der Waals surface area contributed by atoms with Crippen molar-refractivity contribution in [3.05, 3.63) is 33.4 Å². The van der Waals surface area contributed by atoms with Gasteiger partial charge in [-0.05, 0) is 61.1 Å². The van der Waals surface area contributed by atoms with E-state index in [1.807, 2.05) is 14.2 Å². The van der Waals surface area contributed by atoms with Gasteiger partial charge in [-0.15, -0.1) is 0 Å². The highest BCUT2D eigenvalue weighted by atomic mass is 16.5. The van der Waals surface area contributed by atoms with E-state index in [9.17, 15) is 0 Å². The van der Waals surface area contributed by atoms with Crippen LogP contribution in [0.4, 0.5) is 0 Å². The third kappa shape index (κ3) is 1.16. The minimum Gasteiger partial charge on any atom is -0.373 e. The maximum Gasteiger partial charge on any atom is 0.0945 e. The molecule has 0 saturated heterocycles. The molecule has 0 saturated carbocycles. The van der Waals surface area contributed by atoms with E-state index < -0.39 is 0 Å². The molecule has 2 atom stereocenters. The smallest absolute Gasteiger partial charge is 0.0945 e. The van der Waals surface area contributed by atoms with Gasteiger partial charge in [0, 0.05) is 27.1 Å². The van der Waals surface area contributed by atoms with Gasteiger partial charge in [-0.25, -0.2) is 0 Å². The molecular formula is C16H22O2. The van der Waals surface area contributed by atoms with Crippen LogP contribution in [0.1, 0.15) is 47.2 Å². The Hall–Kier alpha value is -0.860. The van der Waals surface area contributed by atoms with Gasteiger partial charge in [0.2, 0.25) is 0 Å². The molecule has 0 aromatic heterocycles. The molecule has 0 radical (unpaired) electrons. The van der Waals surface area contributed by atoms with Crippen molar-refractivity contribution in [3.8, 4) is 0 Å². The SMILES string of the molecule is COC1(C)Cc2c(C)c3c(c(C)c21)CC3(C)OC.